The highest BCUT2D eigenvalue weighted by Gasteiger charge is 2.26. The van der Waals surface area contributed by atoms with Crippen LogP contribution in [0.15, 0.2) is 48.5 Å². The molecule has 0 fully saturated rings. The predicted octanol–water partition coefficient (Wildman–Crippen LogP) is 4.55. The van der Waals surface area contributed by atoms with Crippen LogP contribution in [0.3, 0.4) is 0 Å². The maximum atomic E-state index is 11.3. The number of halogens is 1. The Morgan fingerprint density at radius 2 is 1.83 bits per heavy atom. The van der Waals surface area contributed by atoms with Gasteiger partial charge in [-0.1, -0.05) is 41.9 Å². The summed E-state index contributed by atoms with van der Waals surface area (Å²) in [6, 6.07) is 15.3. The van der Waals surface area contributed by atoms with Gasteiger partial charge in [0.15, 0.2) is 0 Å². The minimum atomic E-state index is -0.298. The van der Waals surface area contributed by atoms with Gasteiger partial charge in [-0.3, -0.25) is 10.1 Å². The molecule has 0 aliphatic carbocycles. The van der Waals surface area contributed by atoms with Crippen LogP contribution in [0, 0.1) is 17.0 Å². The maximum absolute atomic E-state index is 11.3. The Kier molecular flexibility index (Phi) is 4.09. The van der Waals surface area contributed by atoms with Crippen LogP contribution in [-0.2, 0) is 7.05 Å². The normalized spacial score (nSPS) is 12.5. The molecule has 1 unspecified atom stereocenters. The molecule has 0 amide bonds. The zero-order chi connectivity index (χ0) is 16.6. The number of rotatable bonds is 4. The highest BCUT2D eigenvalue weighted by atomic mass is 35.5. The molecule has 0 aliphatic rings. The third-order valence-corrected chi connectivity index (χ3v) is 4.65. The summed E-state index contributed by atoms with van der Waals surface area (Å²) in [5.74, 6) is -0.298. The van der Waals surface area contributed by atoms with Crippen LogP contribution >= 0.6 is 11.6 Å². The molecular weight excluding hydrogens is 312 g/mol. The Bertz CT molecular complexity index is 869. The number of nitro groups is 1. The van der Waals surface area contributed by atoms with E-state index in [2.05, 4.69) is 4.57 Å². The fourth-order valence-corrected chi connectivity index (χ4v) is 3.32. The molecular formula is C18H17ClN2O2. The summed E-state index contributed by atoms with van der Waals surface area (Å²) in [7, 11) is 1.99. The van der Waals surface area contributed by atoms with Gasteiger partial charge in [0.2, 0.25) is 6.54 Å². The minimum absolute atomic E-state index is 0.142. The van der Waals surface area contributed by atoms with E-state index in [-0.39, 0.29) is 17.4 Å². The van der Waals surface area contributed by atoms with E-state index in [0.29, 0.717) is 5.02 Å². The molecule has 0 N–H and O–H groups in total. The number of aryl methyl sites for hydroxylation is 1. The van der Waals surface area contributed by atoms with Crippen molar-refractivity contribution in [2.24, 2.45) is 7.05 Å². The van der Waals surface area contributed by atoms with Crippen molar-refractivity contribution in [3.63, 3.8) is 0 Å². The van der Waals surface area contributed by atoms with Gasteiger partial charge in [-0.2, -0.15) is 0 Å². The van der Waals surface area contributed by atoms with E-state index in [0.717, 1.165) is 27.7 Å². The van der Waals surface area contributed by atoms with Crippen molar-refractivity contribution >= 4 is 22.5 Å². The maximum Gasteiger partial charge on any atom is 0.214 e. The lowest BCUT2D eigenvalue weighted by molar-refractivity contribution is -0.481. The molecule has 23 heavy (non-hydrogen) atoms. The quantitative estimate of drug-likeness (QED) is 0.521. The fourth-order valence-electron chi connectivity index (χ4n) is 3.20. The molecule has 118 valence electrons. The lowest BCUT2D eigenvalue weighted by Gasteiger charge is -2.15. The summed E-state index contributed by atoms with van der Waals surface area (Å²) in [4.78, 5) is 11.0. The molecule has 1 aromatic heterocycles. The summed E-state index contributed by atoms with van der Waals surface area (Å²) in [6.45, 7) is 1.87. The Morgan fingerprint density at radius 1 is 1.17 bits per heavy atom. The molecule has 5 heteroatoms. The molecule has 3 rings (SSSR count). The third-order valence-electron chi connectivity index (χ3n) is 4.40. The second kappa shape index (κ2) is 6.05. The van der Waals surface area contributed by atoms with Gasteiger partial charge in [0.1, 0.15) is 0 Å². The van der Waals surface area contributed by atoms with Crippen LogP contribution in [-0.4, -0.2) is 16.0 Å². The van der Waals surface area contributed by atoms with Gasteiger partial charge in [0.25, 0.3) is 0 Å². The van der Waals surface area contributed by atoms with Gasteiger partial charge in [-0.25, -0.2) is 0 Å². The van der Waals surface area contributed by atoms with Crippen molar-refractivity contribution < 1.29 is 4.92 Å². The monoisotopic (exact) mass is 328 g/mol. The molecule has 2 aromatic carbocycles. The zero-order valence-corrected chi connectivity index (χ0v) is 13.7. The number of hydrogen-bond acceptors (Lipinski definition) is 2. The summed E-state index contributed by atoms with van der Waals surface area (Å²) in [5, 5.41) is 12.9. The topological polar surface area (TPSA) is 48.1 Å². The van der Waals surface area contributed by atoms with E-state index in [9.17, 15) is 10.1 Å². The van der Waals surface area contributed by atoms with Gasteiger partial charge in [-0.05, 0) is 36.2 Å². The smallest absolute Gasteiger partial charge is 0.214 e. The Morgan fingerprint density at radius 3 is 2.48 bits per heavy atom. The average Bonchev–Trinajstić information content (AvgIpc) is 2.78. The lowest BCUT2D eigenvalue weighted by Crippen LogP contribution is -2.15. The molecule has 0 bridgehead atoms. The van der Waals surface area contributed by atoms with Gasteiger partial charge >= 0.3 is 0 Å². The van der Waals surface area contributed by atoms with Crippen molar-refractivity contribution in [3.8, 4) is 0 Å². The summed E-state index contributed by atoms with van der Waals surface area (Å²) >= 11 is 5.96. The first kappa shape index (κ1) is 15.6. The zero-order valence-electron chi connectivity index (χ0n) is 13.0. The average molecular weight is 329 g/mol. The minimum Gasteiger partial charge on any atom is -0.348 e. The Labute approximate surface area is 139 Å². The molecule has 1 heterocycles. The standard InChI is InChI=1S/C18H17ClN2O2/c1-12-18(15-5-3-4-6-17(15)20(12)2)16(11-21(22)23)13-7-9-14(19)10-8-13/h3-10,16H,11H2,1-2H3. The van der Waals surface area contributed by atoms with Crippen molar-refractivity contribution in [2.75, 3.05) is 6.54 Å². The largest absolute Gasteiger partial charge is 0.348 e. The summed E-state index contributed by atoms with van der Waals surface area (Å²) in [6.07, 6.45) is 0. The highest BCUT2D eigenvalue weighted by molar-refractivity contribution is 6.30. The molecule has 0 radical (unpaired) electrons. The Balaban J connectivity index is 2.23. The highest BCUT2D eigenvalue weighted by Crippen LogP contribution is 2.35. The molecule has 0 saturated heterocycles. The number of hydrogen-bond donors (Lipinski definition) is 0. The molecule has 4 nitrogen and oxygen atoms in total. The second-order valence-corrected chi connectivity index (χ2v) is 6.13. The molecule has 0 spiro atoms. The van der Waals surface area contributed by atoms with E-state index in [1.165, 1.54) is 0 Å². The molecule has 3 aromatic rings. The SMILES string of the molecule is Cc1c(C(C[N+](=O)[O-])c2ccc(Cl)cc2)c2ccccc2n1C. The van der Waals surface area contributed by atoms with Crippen LogP contribution in [0.1, 0.15) is 22.7 Å². The van der Waals surface area contributed by atoms with Crippen molar-refractivity contribution in [1.29, 1.82) is 0 Å². The number of aromatic nitrogens is 1. The first-order chi connectivity index (χ1) is 11.0. The van der Waals surface area contributed by atoms with Gasteiger partial charge in [-0.15, -0.1) is 0 Å². The van der Waals surface area contributed by atoms with E-state index in [4.69, 9.17) is 11.6 Å². The Hall–Kier alpha value is -2.33. The number of fused-ring (bicyclic) bond motifs is 1. The van der Waals surface area contributed by atoms with Crippen LogP contribution in [0.25, 0.3) is 10.9 Å². The summed E-state index contributed by atoms with van der Waals surface area (Å²) in [5.41, 5.74) is 4.06. The first-order valence-electron chi connectivity index (χ1n) is 7.40. The number of benzene rings is 2. The first-order valence-corrected chi connectivity index (χ1v) is 7.78. The van der Waals surface area contributed by atoms with E-state index < -0.39 is 0 Å². The van der Waals surface area contributed by atoms with Crippen molar-refractivity contribution in [1.82, 2.24) is 4.57 Å². The number of nitrogens with zero attached hydrogens (tertiary/aromatic N) is 2. The fraction of sp³-hybridized carbons (Fsp3) is 0.222. The van der Waals surface area contributed by atoms with E-state index in [1.54, 1.807) is 12.1 Å². The van der Waals surface area contributed by atoms with Gasteiger partial charge in [0, 0.05) is 33.6 Å². The van der Waals surface area contributed by atoms with E-state index in [1.807, 2.05) is 50.4 Å². The molecule has 1 atom stereocenters. The van der Waals surface area contributed by atoms with Crippen molar-refractivity contribution in [2.45, 2.75) is 12.8 Å². The van der Waals surface area contributed by atoms with Crippen molar-refractivity contribution in [3.05, 3.63) is 80.5 Å². The van der Waals surface area contributed by atoms with Crippen LogP contribution in [0.4, 0.5) is 0 Å². The van der Waals surface area contributed by atoms with Crippen LogP contribution < -0.4 is 0 Å². The molecule has 0 saturated carbocycles. The second-order valence-electron chi connectivity index (χ2n) is 5.69. The summed E-state index contributed by atoms with van der Waals surface area (Å²) < 4.78 is 2.09. The third kappa shape index (κ3) is 2.82. The lowest BCUT2D eigenvalue weighted by atomic mass is 9.89. The molecule has 0 aliphatic heterocycles. The van der Waals surface area contributed by atoms with E-state index >= 15 is 0 Å². The predicted molar refractivity (Wildman–Crippen MR) is 92.8 cm³/mol. The van der Waals surface area contributed by atoms with Gasteiger partial charge < -0.3 is 4.57 Å². The van der Waals surface area contributed by atoms with Crippen LogP contribution in [0.2, 0.25) is 5.02 Å². The number of para-hydroxylation sites is 1. The van der Waals surface area contributed by atoms with Crippen LogP contribution in [0.5, 0.6) is 0 Å². The van der Waals surface area contributed by atoms with Gasteiger partial charge in [0.05, 0.1) is 5.92 Å².